The summed E-state index contributed by atoms with van der Waals surface area (Å²) in [5.41, 5.74) is 2.36. The number of aromatic nitrogens is 2. The summed E-state index contributed by atoms with van der Waals surface area (Å²) >= 11 is 0. The quantitative estimate of drug-likeness (QED) is 0.296. The van der Waals surface area contributed by atoms with Crippen molar-refractivity contribution in [1.82, 2.24) is 15.1 Å². The molecule has 3 aromatic carbocycles. The Bertz CT molecular complexity index is 1510. The van der Waals surface area contributed by atoms with Crippen molar-refractivity contribution >= 4 is 0 Å². The average molecular weight is 510 g/mol. The monoisotopic (exact) mass is 509 g/mol. The molecule has 0 radical (unpaired) electrons. The van der Waals surface area contributed by atoms with Crippen molar-refractivity contribution in [3.8, 4) is 23.6 Å². The second-order valence-corrected chi connectivity index (χ2v) is 10.1. The lowest BCUT2D eigenvalue weighted by atomic mass is 9.72. The molecule has 38 heavy (non-hydrogen) atoms. The number of nitrogens with zero attached hydrogens (tertiary/aromatic N) is 5. The molecule has 2 heterocycles. The zero-order chi connectivity index (χ0) is 26.9. The molecule has 0 saturated carbocycles. The van der Waals surface area contributed by atoms with E-state index in [0.29, 0.717) is 30.1 Å². The van der Waals surface area contributed by atoms with Gasteiger partial charge in [0.05, 0.1) is 29.3 Å². The first-order valence-electron chi connectivity index (χ1n) is 12.3. The third-order valence-corrected chi connectivity index (χ3v) is 7.09. The van der Waals surface area contributed by atoms with Crippen LogP contribution in [0.4, 0.5) is 8.78 Å². The highest BCUT2D eigenvalue weighted by atomic mass is 19.1. The normalized spacial score (nSPS) is 15.7. The summed E-state index contributed by atoms with van der Waals surface area (Å²) in [6, 6.07) is 23.3. The van der Waals surface area contributed by atoms with Gasteiger partial charge in [-0.25, -0.2) is 8.78 Å². The zero-order valence-electron chi connectivity index (χ0n) is 21.0. The molecule has 8 heteroatoms. The molecule has 4 aromatic rings. The van der Waals surface area contributed by atoms with Gasteiger partial charge < -0.3 is 4.42 Å². The highest BCUT2D eigenvalue weighted by Gasteiger charge is 2.45. The Hall–Kier alpha value is -4.40. The summed E-state index contributed by atoms with van der Waals surface area (Å²) in [6.07, 6.45) is 1.28. The lowest BCUT2D eigenvalue weighted by Gasteiger charge is -2.50. The van der Waals surface area contributed by atoms with Gasteiger partial charge in [-0.15, -0.1) is 10.2 Å². The summed E-state index contributed by atoms with van der Waals surface area (Å²) in [6.45, 7) is 4.13. The molecule has 0 unspecified atom stereocenters. The van der Waals surface area contributed by atoms with Crippen molar-refractivity contribution in [1.29, 1.82) is 10.5 Å². The SMILES string of the molecule is CC(C)(F)[C@H](c1cc(F)cc(C#N)c1)C1CN([C@@H](c2ccc(C#N)cc2)c2cccc(-c3nnco3)c2)C1. The van der Waals surface area contributed by atoms with Gasteiger partial charge in [-0.05, 0) is 78.9 Å². The predicted molar refractivity (Wildman–Crippen MR) is 137 cm³/mol. The molecule has 1 aliphatic rings. The summed E-state index contributed by atoms with van der Waals surface area (Å²) < 4.78 is 35.2. The molecule has 1 fully saturated rings. The maximum Gasteiger partial charge on any atom is 0.247 e. The minimum absolute atomic E-state index is 0.0941. The fourth-order valence-electron chi connectivity index (χ4n) is 5.55. The van der Waals surface area contributed by atoms with E-state index in [-0.39, 0.29) is 17.5 Å². The molecule has 2 atom stereocenters. The molecule has 0 bridgehead atoms. The van der Waals surface area contributed by atoms with E-state index in [1.807, 2.05) is 42.5 Å². The molecular formula is C30H25F2N5O. The van der Waals surface area contributed by atoms with Gasteiger partial charge in [0.25, 0.3) is 0 Å². The molecule has 1 aromatic heterocycles. The van der Waals surface area contributed by atoms with Gasteiger partial charge in [0.1, 0.15) is 11.5 Å². The Kier molecular flexibility index (Phi) is 6.75. The van der Waals surface area contributed by atoms with Gasteiger partial charge in [-0.1, -0.05) is 24.3 Å². The minimum atomic E-state index is -1.63. The fourth-order valence-corrected chi connectivity index (χ4v) is 5.55. The third kappa shape index (κ3) is 5.04. The third-order valence-electron chi connectivity index (χ3n) is 7.09. The van der Waals surface area contributed by atoms with Crippen molar-refractivity contribution in [2.75, 3.05) is 13.1 Å². The van der Waals surface area contributed by atoms with E-state index in [0.717, 1.165) is 22.8 Å². The molecule has 0 amide bonds. The van der Waals surface area contributed by atoms with Crippen molar-refractivity contribution in [3.63, 3.8) is 0 Å². The Balaban J connectivity index is 1.49. The van der Waals surface area contributed by atoms with Gasteiger partial charge in [-0.2, -0.15) is 10.5 Å². The molecule has 5 rings (SSSR count). The van der Waals surface area contributed by atoms with E-state index in [1.165, 1.54) is 26.3 Å². The van der Waals surface area contributed by atoms with E-state index in [9.17, 15) is 14.9 Å². The number of nitriles is 2. The van der Waals surface area contributed by atoms with Crippen LogP contribution in [0.25, 0.3) is 11.5 Å². The lowest BCUT2D eigenvalue weighted by molar-refractivity contribution is 0.00813. The molecule has 190 valence electrons. The first kappa shape index (κ1) is 25.3. The summed E-state index contributed by atoms with van der Waals surface area (Å²) in [5.74, 6) is -0.820. The summed E-state index contributed by atoms with van der Waals surface area (Å²) in [7, 11) is 0. The first-order chi connectivity index (χ1) is 18.3. The van der Waals surface area contributed by atoms with Crippen molar-refractivity contribution < 1.29 is 13.2 Å². The van der Waals surface area contributed by atoms with Gasteiger partial charge in [0.2, 0.25) is 12.3 Å². The Morgan fingerprint density at radius 3 is 2.32 bits per heavy atom. The highest BCUT2D eigenvalue weighted by molar-refractivity contribution is 5.55. The maximum absolute atomic E-state index is 15.6. The van der Waals surface area contributed by atoms with Crippen LogP contribution in [-0.4, -0.2) is 33.9 Å². The predicted octanol–water partition coefficient (Wildman–Crippen LogP) is 6.17. The van der Waals surface area contributed by atoms with E-state index >= 15 is 4.39 Å². The molecule has 0 spiro atoms. The lowest BCUT2D eigenvalue weighted by Crippen LogP contribution is -2.53. The van der Waals surface area contributed by atoms with E-state index in [1.54, 1.807) is 18.2 Å². The smallest absolute Gasteiger partial charge is 0.247 e. The van der Waals surface area contributed by atoms with E-state index in [2.05, 4.69) is 21.2 Å². The number of rotatable bonds is 7. The second-order valence-electron chi connectivity index (χ2n) is 10.1. The topological polar surface area (TPSA) is 89.7 Å². The molecule has 1 saturated heterocycles. The van der Waals surface area contributed by atoms with Crippen LogP contribution in [0, 0.1) is 34.4 Å². The van der Waals surface area contributed by atoms with Crippen LogP contribution in [0.5, 0.6) is 0 Å². The zero-order valence-corrected chi connectivity index (χ0v) is 21.0. The van der Waals surface area contributed by atoms with Crippen LogP contribution in [0.1, 0.15) is 53.6 Å². The highest BCUT2D eigenvalue weighted by Crippen LogP contribution is 2.46. The molecule has 0 aliphatic carbocycles. The Morgan fingerprint density at radius 1 is 0.947 bits per heavy atom. The standard InChI is InChI=1S/C30H25F2N5O/c1-30(2,32)27(24-10-20(15-34)11-26(31)13-24)25-16-37(17-25)28(21-8-6-19(14-33)7-9-21)22-4-3-5-23(12-22)29-36-35-18-38-29/h3-13,18,25,27-28H,16-17H2,1-2H3/t27-,28+/m1/s1. The first-order valence-corrected chi connectivity index (χ1v) is 12.3. The number of benzene rings is 3. The number of hydrogen-bond acceptors (Lipinski definition) is 6. The number of likely N-dealkylation sites (tertiary alicyclic amines) is 1. The molecular weight excluding hydrogens is 484 g/mol. The Morgan fingerprint density at radius 2 is 1.68 bits per heavy atom. The van der Waals surface area contributed by atoms with Gasteiger partial charge >= 0.3 is 0 Å². The fraction of sp³-hybridized carbons (Fsp3) is 0.267. The second kappa shape index (κ2) is 10.2. The molecule has 6 nitrogen and oxygen atoms in total. The molecule has 0 N–H and O–H groups in total. The van der Waals surface area contributed by atoms with E-state index in [4.69, 9.17) is 4.42 Å². The van der Waals surface area contributed by atoms with Crippen LogP contribution in [0.15, 0.2) is 77.5 Å². The summed E-state index contributed by atoms with van der Waals surface area (Å²) in [5, 5.41) is 26.4. The van der Waals surface area contributed by atoms with Crippen LogP contribution in [0.3, 0.4) is 0 Å². The van der Waals surface area contributed by atoms with Crippen LogP contribution in [0.2, 0.25) is 0 Å². The maximum atomic E-state index is 15.6. The molecule has 1 aliphatic heterocycles. The minimum Gasteiger partial charge on any atom is -0.423 e. The summed E-state index contributed by atoms with van der Waals surface area (Å²) in [4.78, 5) is 2.24. The van der Waals surface area contributed by atoms with Crippen LogP contribution in [-0.2, 0) is 0 Å². The van der Waals surface area contributed by atoms with Gasteiger partial charge in [-0.3, -0.25) is 4.90 Å². The number of halogens is 2. The largest absolute Gasteiger partial charge is 0.423 e. The number of hydrogen-bond donors (Lipinski definition) is 0. The van der Waals surface area contributed by atoms with Crippen LogP contribution >= 0.6 is 0 Å². The van der Waals surface area contributed by atoms with Gasteiger partial charge in [0, 0.05) is 24.6 Å². The van der Waals surface area contributed by atoms with Crippen molar-refractivity contribution in [3.05, 3.63) is 107 Å². The average Bonchev–Trinajstić information content (AvgIpc) is 3.42. The van der Waals surface area contributed by atoms with Gasteiger partial charge in [0.15, 0.2) is 0 Å². The van der Waals surface area contributed by atoms with E-state index < -0.39 is 17.4 Å². The van der Waals surface area contributed by atoms with Crippen molar-refractivity contribution in [2.45, 2.75) is 31.5 Å². The Labute approximate surface area is 219 Å². The van der Waals surface area contributed by atoms with Crippen LogP contribution < -0.4 is 0 Å². The number of alkyl halides is 1. The van der Waals surface area contributed by atoms with Crippen molar-refractivity contribution in [2.24, 2.45) is 5.92 Å².